The van der Waals surface area contributed by atoms with Gasteiger partial charge in [0.2, 0.25) is 5.91 Å². The van der Waals surface area contributed by atoms with Crippen LogP contribution in [0.15, 0.2) is 0 Å². The summed E-state index contributed by atoms with van der Waals surface area (Å²) in [6, 6.07) is 1.61. The second kappa shape index (κ2) is 3.38. The highest BCUT2D eigenvalue weighted by Gasteiger charge is 2.24. The Morgan fingerprint density at radius 3 is 2.91 bits per heavy atom. The number of rotatable bonds is 3. The predicted molar refractivity (Wildman–Crippen MR) is 40.6 cm³/mol. The van der Waals surface area contributed by atoms with Crippen LogP contribution in [0.2, 0.25) is 0 Å². The third kappa shape index (κ3) is 3.03. The maximum Gasteiger partial charge on any atom is 0.221 e. The van der Waals surface area contributed by atoms with Gasteiger partial charge in [-0.05, 0) is 25.7 Å². The summed E-state index contributed by atoms with van der Waals surface area (Å²) in [4.78, 5) is 11.0. The lowest BCUT2D eigenvalue weighted by atomic mass is 10.2. The number of nitriles is 1. The van der Waals surface area contributed by atoms with E-state index in [0.717, 1.165) is 0 Å². The van der Waals surface area contributed by atoms with Gasteiger partial charge >= 0.3 is 0 Å². The Hall–Kier alpha value is -1.04. The zero-order valence-corrected chi connectivity index (χ0v) is 6.63. The highest BCUT2D eigenvalue weighted by Crippen LogP contribution is 2.32. The molecule has 1 amide bonds. The third-order valence-electron chi connectivity index (χ3n) is 1.74. The molecule has 0 aromatic rings. The van der Waals surface area contributed by atoms with Crippen LogP contribution in [0.3, 0.4) is 0 Å². The number of hydrogen-bond donors (Lipinski definition) is 1. The van der Waals surface area contributed by atoms with Crippen molar-refractivity contribution in [3.8, 4) is 6.07 Å². The molecule has 0 bridgehead atoms. The average Bonchev–Trinajstić information content (AvgIpc) is 2.71. The molecule has 0 heterocycles. The molecule has 1 saturated carbocycles. The van der Waals surface area contributed by atoms with Crippen molar-refractivity contribution in [3.63, 3.8) is 0 Å². The molecule has 3 heteroatoms. The molecule has 1 aliphatic carbocycles. The topological polar surface area (TPSA) is 52.9 Å². The first kappa shape index (κ1) is 8.06. The molecular weight excluding hydrogens is 140 g/mol. The Morgan fingerprint density at radius 2 is 2.45 bits per heavy atom. The van der Waals surface area contributed by atoms with E-state index in [2.05, 4.69) is 5.32 Å². The van der Waals surface area contributed by atoms with Crippen molar-refractivity contribution in [2.24, 2.45) is 5.92 Å². The van der Waals surface area contributed by atoms with Crippen molar-refractivity contribution < 1.29 is 4.79 Å². The summed E-state index contributed by atoms with van der Waals surface area (Å²) in [5, 5.41) is 11.0. The van der Waals surface area contributed by atoms with Crippen molar-refractivity contribution in [2.75, 3.05) is 0 Å². The van der Waals surface area contributed by atoms with E-state index in [1.54, 1.807) is 6.92 Å². The molecule has 0 radical (unpaired) electrons. The lowest BCUT2D eigenvalue weighted by Crippen LogP contribution is -2.31. The van der Waals surface area contributed by atoms with Crippen LogP contribution >= 0.6 is 0 Å². The zero-order valence-electron chi connectivity index (χ0n) is 6.63. The molecule has 0 spiro atoms. The van der Waals surface area contributed by atoms with E-state index in [1.165, 1.54) is 12.8 Å². The molecule has 0 aromatic heterocycles. The van der Waals surface area contributed by atoms with Gasteiger partial charge in [0, 0.05) is 6.42 Å². The van der Waals surface area contributed by atoms with Crippen LogP contribution < -0.4 is 5.32 Å². The SMILES string of the molecule is CC(C#N)NC(=O)CC1CC1. The van der Waals surface area contributed by atoms with Gasteiger partial charge in [0.05, 0.1) is 6.07 Å². The molecule has 11 heavy (non-hydrogen) atoms. The summed E-state index contributed by atoms with van der Waals surface area (Å²) in [7, 11) is 0. The summed E-state index contributed by atoms with van der Waals surface area (Å²) in [6.07, 6.45) is 2.95. The fourth-order valence-corrected chi connectivity index (χ4v) is 0.917. The van der Waals surface area contributed by atoms with Crippen molar-refractivity contribution in [1.82, 2.24) is 5.32 Å². The summed E-state index contributed by atoms with van der Waals surface area (Å²) in [5.41, 5.74) is 0. The molecule has 1 atom stereocenters. The molecule has 1 fully saturated rings. The standard InChI is InChI=1S/C8H12N2O/c1-6(5-9)10-8(11)4-7-2-3-7/h6-7H,2-4H2,1H3,(H,10,11). The number of amides is 1. The van der Waals surface area contributed by atoms with Crippen LogP contribution in [0.5, 0.6) is 0 Å². The van der Waals surface area contributed by atoms with Crippen LogP contribution in [-0.2, 0) is 4.79 Å². The zero-order chi connectivity index (χ0) is 8.27. The molecule has 1 aliphatic rings. The minimum atomic E-state index is -0.346. The van der Waals surface area contributed by atoms with Gasteiger partial charge in [0.1, 0.15) is 6.04 Å². The van der Waals surface area contributed by atoms with Gasteiger partial charge < -0.3 is 5.32 Å². The molecule has 0 saturated heterocycles. The first-order chi connectivity index (χ1) is 5.22. The van der Waals surface area contributed by atoms with Crippen molar-refractivity contribution in [3.05, 3.63) is 0 Å². The minimum absolute atomic E-state index is 0.0153. The van der Waals surface area contributed by atoms with E-state index in [1.807, 2.05) is 6.07 Å². The first-order valence-corrected chi connectivity index (χ1v) is 3.91. The van der Waals surface area contributed by atoms with E-state index >= 15 is 0 Å². The number of carbonyl (C=O) groups is 1. The molecule has 0 aromatic carbocycles. The maximum absolute atomic E-state index is 11.0. The minimum Gasteiger partial charge on any atom is -0.341 e. The van der Waals surface area contributed by atoms with Gasteiger partial charge in [0.25, 0.3) is 0 Å². The molecule has 3 nitrogen and oxygen atoms in total. The van der Waals surface area contributed by atoms with Crippen LogP contribution in [0.1, 0.15) is 26.2 Å². The Balaban J connectivity index is 2.15. The Labute approximate surface area is 66.4 Å². The normalized spacial score (nSPS) is 18.5. The number of carbonyl (C=O) groups excluding carboxylic acids is 1. The molecular formula is C8H12N2O. The highest BCUT2D eigenvalue weighted by molar-refractivity contribution is 5.77. The van der Waals surface area contributed by atoms with Crippen molar-refractivity contribution >= 4 is 5.91 Å². The van der Waals surface area contributed by atoms with Crippen LogP contribution in [-0.4, -0.2) is 11.9 Å². The molecule has 1 unspecified atom stereocenters. The highest BCUT2D eigenvalue weighted by atomic mass is 16.1. The maximum atomic E-state index is 11.0. The first-order valence-electron chi connectivity index (χ1n) is 3.91. The fourth-order valence-electron chi connectivity index (χ4n) is 0.917. The summed E-state index contributed by atoms with van der Waals surface area (Å²) >= 11 is 0. The largest absolute Gasteiger partial charge is 0.341 e. The van der Waals surface area contributed by atoms with Crippen molar-refractivity contribution in [1.29, 1.82) is 5.26 Å². The van der Waals surface area contributed by atoms with Crippen LogP contribution in [0.4, 0.5) is 0 Å². The Kier molecular flexibility index (Phi) is 2.48. The number of nitrogens with one attached hydrogen (secondary N) is 1. The van der Waals surface area contributed by atoms with E-state index in [-0.39, 0.29) is 11.9 Å². The molecule has 0 aliphatic heterocycles. The lowest BCUT2D eigenvalue weighted by Gasteiger charge is -2.04. The van der Waals surface area contributed by atoms with E-state index in [9.17, 15) is 4.79 Å². The monoisotopic (exact) mass is 152 g/mol. The number of nitrogens with zero attached hydrogens (tertiary/aromatic N) is 1. The number of hydrogen-bond acceptors (Lipinski definition) is 2. The van der Waals surface area contributed by atoms with Gasteiger partial charge in [-0.15, -0.1) is 0 Å². The quantitative estimate of drug-likeness (QED) is 0.650. The summed E-state index contributed by atoms with van der Waals surface area (Å²) in [5.74, 6) is 0.613. The summed E-state index contributed by atoms with van der Waals surface area (Å²) in [6.45, 7) is 1.69. The second-order valence-corrected chi connectivity index (χ2v) is 3.07. The second-order valence-electron chi connectivity index (χ2n) is 3.07. The smallest absolute Gasteiger partial charge is 0.221 e. The van der Waals surface area contributed by atoms with E-state index < -0.39 is 0 Å². The lowest BCUT2D eigenvalue weighted by molar-refractivity contribution is -0.121. The van der Waals surface area contributed by atoms with E-state index in [0.29, 0.717) is 12.3 Å². The van der Waals surface area contributed by atoms with Gasteiger partial charge in [-0.25, -0.2) is 0 Å². The van der Waals surface area contributed by atoms with Gasteiger partial charge in [0.15, 0.2) is 0 Å². The van der Waals surface area contributed by atoms with Gasteiger partial charge in [-0.2, -0.15) is 5.26 Å². The summed E-state index contributed by atoms with van der Waals surface area (Å²) < 4.78 is 0. The van der Waals surface area contributed by atoms with Gasteiger partial charge in [-0.3, -0.25) is 4.79 Å². The fraction of sp³-hybridized carbons (Fsp3) is 0.750. The Morgan fingerprint density at radius 1 is 1.82 bits per heavy atom. The van der Waals surface area contributed by atoms with E-state index in [4.69, 9.17) is 5.26 Å². The van der Waals surface area contributed by atoms with Crippen LogP contribution in [0.25, 0.3) is 0 Å². The third-order valence-corrected chi connectivity index (χ3v) is 1.74. The van der Waals surface area contributed by atoms with Crippen LogP contribution in [0, 0.1) is 17.2 Å². The van der Waals surface area contributed by atoms with Crippen molar-refractivity contribution in [2.45, 2.75) is 32.2 Å². The van der Waals surface area contributed by atoms with Gasteiger partial charge in [-0.1, -0.05) is 0 Å². The molecule has 60 valence electrons. The Bertz CT molecular complexity index is 191. The molecule has 1 rings (SSSR count). The predicted octanol–water partition coefficient (Wildman–Crippen LogP) is 0.815. The average molecular weight is 152 g/mol. The molecule has 1 N–H and O–H groups in total.